The van der Waals surface area contributed by atoms with Gasteiger partial charge in [-0.15, -0.1) is 0 Å². The fourth-order valence-electron chi connectivity index (χ4n) is 2.38. The fraction of sp³-hybridized carbons (Fsp3) is 0.571. The largest absolute Gasteiger partial charge is 0.310 e. The van der Waals surface area contributed by atoms with E-state index in [0.717, 1.165) is 22.0 Å². The molecule has 0 heterocycles. The highest BCUT2D eigenvalue weighted by atomic mass is 79.9. The molecule has 1 saturated carbocycles. The molecule has 1 aliphatic rings. The molecular formula is C14H19BrClN. The summed E-state index contributed by atoms with van der Waals surface area (Å²) in [5, 5.41) is 4.42. The van der Waals surface area contributed by atoms with Gasteiger partial charge in [0.2, 0.25) is 0 Å². The van der Waals surface area contributed by atoms with Crippen LogP contribution in [0.15, 0.2) is 22.7 Å². The predicted molar refractivity (Wildman–Crippen MR) is 77.4 cm³/mol. The Kier molecular flexibility index (Phi) is 4.89. The molecule has 1 aromatic rings. The first kappa shape index (κ1) is 13.4. The van der Waals surface area contributed by atoms with E-state index in [0.29, 0.717) is 6.04 Å². The maximum atomic E-state index is 6.08. The van der Waals surface area contributed by atoms with Crippen molar-refractivity contribution >= 4 is 27.5 Å². The summed E-state index contributed by atoms with van der Waals surface area (Å²) in [5.74, 6) is 0.912. The second-order valence-electron chi connectivity index (χ2n) is 5.09. The zero-order chi connectivity index (χ0) is 12.3. The van der Waals surface area contributed by atoms with Crippen molar-refractivity contribution in [3.05, 3.63) is 33.3 Å². The summed E-state index contributed by atoms with van der Waals surface area (Å²) in [6.07, 6.45) is 5.34. The van der Waals surface area contributed by atoms with E-state index in [1.54, 1.807) is 0 Å². The minimum Gasteiger partial charge on any atom is -0.310 e. The van der Waals surface area contributed by atoms with E-state index in [2.05, 4.69) is 34.2 Å². The van der Waals surface area contributed by atoms with Crippen LogP contribution in [0.4, 0.5) is 0 Å². The molecule has 0 radical (unpaired) electrons. The van der Waals surface area contributed by atoms with Crippen molar-refractivity contribution < 1.29 is 0 Å². The van der Waals surface area contributed by atoms with Crippen LogP contribution in [0.2, 0.25) is 5.02 Å². The van der Waals surface area contributed by atoms with Crippen molar-refractivity contribution in [1.82, 2.24) is 5.32 Å². The van der Waals surface area contributed by atoms with Gasteiger partial charge in [0, 0.05) is 17.1 Å². The van der Waals surface area contributed by atoms with Crippen LogP contribution < -0.4 is 5.32 Å². The Morgan fingerprint density at radius 2 is 2.00 bits per heavy atom. The van der Waals surface area contributed by atoms with E-state index >= 15 is 0 Å². The highest BCUT2D eigenvalue weighted by Crippen LogP contribution is 2.25. The lowest BCUT2D eigenvalue weighted by atomic mass is 9.87. The SMILES string of the molecule is CC1CCC(NCc2ccc(Br)c(Cl)c2)CC1. The van der Waals surface area contributed by atoms with Crippen molar-refractivity contribution in [2.75, 3.05) is 0 Å². The highest BCUT2D eigenvalue weighted by Gasteiger charge is 2.17. The molecule has 1 aliphatic carbocycles. The average Bonchev–Trinajstić information content (AvgIpc) is 2.33. The molecule has 94 valence electrons. The highest BCUT2D eigenvalue weighted by molar-refractivity contribution is 9.10. The molecule has 0 atom stereocenters. The van der Waals surface area contributed by atoms with Gasteiger partial charge in [0.25, 0.3) is 0 Å². The molecule has 0 bridgehead atoms. The van der Waals surface area contributed by atoms with E-state index in [-0.39, 0.29) is 0 Å². The number of benzene rings is 1. The maximum absolute atomic E-state index is 6.08. The Labute approximate surface area is 117 Å². The van der Waals surface area contributed by atoms with E-state index < -0.39 is 0 Å². The molecule has 17 heavy (non-hydrogen) atoms. The number of halogens is 2. The first-order valence-electron chi connectivity index (χ1n) is 6.32. The van der Waals surface area contributed by atoms with Crippen molar-refractivity contribution in [3.63, 3.8) is 0 Å². The quantitative estimate of drug-likeness (QED) is 0.847. The number of rotatable bonds is 3. The molecule has 3 heteroatoms. The molecular weight excluding hydrogens is 298 g/mol. The third kappa shape index (κ3) is 3.97. The van der Waals surface area contributed by atoms with E-state index in [1.165, 1.54) is 31.2 Å². The number of nitrogens with one attached hydrogen (secondary N) is 1. The van der Waals surface area contributed by atoms with Crippen molar-refractivity contribution in [1.29, 1.82) is 0 Å². The van der Waals surface area contributed by atoms with Gasteiger partial charge in [-0.1, -0.05) is 24.6 Å². The second-order valence-corrected chi connectivity index (χ2v) is 6.35. The van der Waals surface area contributed by atoms with Crippen LogP contribution in [0, 0.1) is 5.92 Å². The molecule has 1 nitrogen and oxygen atoms in total. The number of hydrogen-bond donors (Lipinski definition) is 1. The summed E-state index contributed by atoms with van der Waals surface area (Å²) in [6, 6.07) is 6.86. The normalized spacial score (nSPS) is 24.9. The Hall–Kier alpha value is -0.0500. The monoisotopic (exact) mass is 315 g/mol. The third-order valence-electron chi connectivity index (χ3n) is 3.59. The van der Waals surface area contributed by atoms with Crippen LogP contribution in [-0.4, -0.2) is 6.04 Å². The van der Waals surface area contributed by atoms with E-state index in [9.17, 15) is 0 Å². The van der Waals surface area contributed by atoms with E-state index in [4.69, 9.17) is 11.6 Å². The molecule has 0 saturated heterocycles. The molecule has 0 aliphatic heterocycles. The smallest absolute Gasteiger partial charge is 0.0551 e. The number of hydrogen-bond acceptors (Lipinski definition) is 1. The van der Waals surface area contributed by atoms with Crippen LogP contribution in [0.3, 0.4) is 0 Å². The predicted octanol–water partition coefficient (Wildman–Crippen LogP) is 4.77. The summed E-state index contributed by atoms with van der Waals surface area (Å²) >= 11 is 9.49. The van der Waals surface area contributed by atoms with Gasteiger partial charge in [-0.05, 0) is 65.2 Å². The molecule has 1 fully saturated rings. The molecule has 1 N–H and O–H groups in total. The molecule has 0 aromatic heterocycles. The molecule has 2 rings (SSSR count). The molecule has 0 amide bonds. The van der Waals surface area contributed by atoms with E-state index in [1.807, 2.05) is 12.1 Å². The lowest BCUT2D eigenvalue weighted by Crippen LogP contribution is -2.32. The minimum absolute atomic E-state index is 0.689. The third-order valence-corrected chi connectivity index (χ3v) is 4.83. The lowest BCUT2D eigenvalue weighted by molar-refractivity contribution is 0.306. The van der Waals surface area contributed by atoms with Crippen molar-refractivity contribution in [2.45, 2.75) is 45.2 Å². The summed E-state index contributed by atoms with van der Waals surface area (Å²) in [7, 11) is 0. The van der Waals surface area contributed by atoms with Crippen LogP contribution >= 0.6 is 27.5 Å². The molecule has 0 unspecified atom stereocenters. The first-order chi connectivity index (χ1) is 8.15. The zero-order valence-electron chi connectivity index (χ0n) is 10.2. The zero-order valence-corrected chi connectivity index (χ0v) is 12.5. The van der Waals surface area contributed by atoms with Crippen molar-refractivity contribution in [2.24, 2.45) is 5.92 Å². The Morgan fingerprint density at radius 1 is 1.29 bits per heavy atom. The average molecular weight is 317 g/mol. The van der Waals surface area contributed by atoms with Gasteiger partial charge in [-0.2, -0.15) is 0 Å². The first-order valence-corrected chi connectivity index (χ1v) is 7.49. The second kappa shape index (κ2) is 6.21. The minimum atomic E-state index is 0.689. The lowest BCUT2D eigenvalue weighted by Gasteiger charge is -2.27. The summed E-state index contributed by atoms with van der Waals surface area (Å²) in [5.41, 5.74) is 1.26. The Bertz CT molecular complexity index is 372. The summed E-state index contributed by atoms with van der Waals surface area (Å²) < 4.78 is 0.967. The van der Waals surface area contributed by atoms with Crippen LogP contribution in [-0.2, 0) is 6.54 Å². The Morgan fingerprint density at radius 3 is 2.65 bits per heavy atom. The molecule has 0 spiro atoms. The summed E-state index contributed by atoms with van der Waals surface area (Å²) in [4.78, 5) is 0. The topological polar surface area (TPSA) is 12.0 Å². The Balaban J connectivity index is 1.83. The van der Waals surface area contributed by atoms with Crippen molar-refractivity contribution in [3.8, 4) is 0 Å². The fourth-order valence-corrected chi connectivity index (χ4v) is 2.83. The van der Waals surface area contributed by atoms with Gasteiger partial charge in [0.15, 0.2) is 0 Å². The van der Waals surface area contributed by atoms with Gasteiger partial charge < -0.3 is 5.32 Å². The summed E-state index contributed by atoms with van der Waals surface area (Å²) in [6.45, 7) is 3.27. The standard InChI is InChI=1S/C14H19BrClN/c1-10-2-5-12(6-3-10)17-9-11-4-7-13(15)14(16)8-11/h4,7-8,10,12,17H,2-3,5-6,9H2,1H3. The van der Waals surface area contributed by atoms with Gasteiger partial charge in [0.1, 0.15) is 0 Å². The van der Waals surface area contributed by atoms with Crippen LogP contribution in [0.5, 0.6) is 0 Å². The van der Waals surface area contributed by atoms with Gasteiger partial charge in [0.05, 0.1) is 5.02 Å². The van der Waals surface area contributed by atoms with Crippen LogP contribution in [0.1, 0.15) is 38.2 Å². The molecule has 1 aromatic carbocycles. The maximum Gasteiger partial charge on any atom is 0.0551 e. The van der Waals surface area contributed by atoms with Gasteiger partial charge in [-0.3, -0.25) is 0 Å². The van der Waals surface area contributed by atoms with Crippen LogP contribution in [0.25, 0.3) is 0 Å². The van der Waals surface area contributed by atoms with Gasteiger partial charge in [-0.25, -0.2) is 0 Å². The van der Waals surface area contributed by atoms with Gasteiger partial charge >= 0.3 is 0 Å².